The number of hydrogen-bond donors (Lipinski definition) is 1. The molecule has 2 rings (SSSR count). The van der Waals surface area contributed by atoms with Crippen LogP contribution in [-0.2, 0) is 6.42 Å². The van der Waals surface area contributed by atoms with Crippen LogP contribution in [0.15, 0.2) is 24.3 Å². The van der Waals surface area contributed by atoms with Crippen molar-refractivity contribution in [3.8, 4) is 0 Å². The lowest BCUT2D eigenvalue weighted by Crippen LogP contribution is -2.24. The van der Waals surface area contributed by atoms with Gasteiger partial charge in [0.05, 0.1) is 0 Å². The predicted molar refractivity (Wildman–Crippen MR) is 78.0 cm³/mol. The second kappa shape index (κ2) is 6.91. The summed E-state index contributed by atoms with van der Waals surface area (Å²) in [6, 6.07) is 8.87. The van der Waals surface area contributed by atoms with E-state index in [0.717, 1.165) is 5.92 Å². The van der Waals surface area contributed by atoms with Gasteiger partial charge in [-0.05, 0) is 64.3 Å². The van der Waals surface area contributed by atoms with Gasteiger partial charge in [0.1, 0.15) is 0 Å². The highest BCUT2D eigenvalue weighted by Crippen LogP contribution is 2.12. The maximum Gasteiger partial charge on any atom is 0.00188 e. The molecule has 0 aliphatic carbocycles. The average Bonchev–Trinajstić information content (AvgIpc) is 2.87. The quantitative estimate of drug-likeness (QED) is 0.829. The lowest BCUT2D eigenvalue weighted by Gasteiger charge is -2.18. The van der Waals surface area contributed by atoms with E-state index >= 15 is 0 Å². The molecule has 0 aromatic heterocycles. The minimum Gasteiger partial charge on any atom is -0.316 e. The summed E-state index contributed by atoms with van der Waals surface area (Å²) < 4.78 is 0. The monoisotopic (exact) mass is 246 g/mol. The van der Waals surface area contributed by atoms with Crippen LogP contribution >= 0.6 is 0 Å². The van der Waals surface area contributed by atoms with Crippen LogP contribution in [0.1, 0.15) is 24.0 Å². The topological polar surface area (TPSA) is 15.3 Å². The zero-order valence-corrected chi connectivity index (χ0v) is 11.8. The summed E-state index contributed by atoms with van der Waals surface area (Å²) in [5.41, 5.74) is 2.83. The Morgan fingerprint density at radius 1 is 1.33 bits per heavy atom. The van der Waals surface area contributed by atoms with Gasteiger partial charge < -0.3 is 10.2 Å². The number of nitrogens with zero attached hydrogens (tertiary/aromatic N) is 1. The summed E-state index contributed by atoms with van der Waals surface area (Å²) in [6.45, 7) is 7.02. The van der Waals surface area contributed by atoms with Crippen LogP contribution in [-0.4, -0.2) is 38.1 Å². The molecule has 2 heteroatoms. The number of likely N-dealkylation sites (N-methyl/N-ethyl adjacent to an activating group) is 1. The van der Waals surface area contributed by atoms with Gasteiger partial charge in [-0.3, -0.25) is 0 Å². The SMILES string of the molecule is Cc1cccc(CCN(C)CCC2CCNC2)c1. The van der Waals surface area contributed by atoms with Gasteiger partial charge >= 0.3 is 0 Å². The van der Waals surface area contributed by atoms with E-state index in [2.05, 4.69) is 48.5 Å². The molecule has 0 bridgehead atoms. The molecule has 1 aromatic rings. The first-order chi connectivity index (χ1) is 8.74. The Morgan fingerprint density at radius 3 is 2.94 bits per heavy atom. The molecule has 1 N–H and O–H groups in total. The maximum absolute atomic E-state index is 3.44. The average molecular weight is 246 g/mol. The zero-order chi connectivity index (χ0) is 12.8. The van der Waals surface area contributed by atoms with Crippen LogP contribution in [0.2, 0.25) is 0 Å². The van der Waals surface area contributed by atoms with E-state index in [1.807, 2.05) is 0 Å². The van der Waals surface area contributed by atoms with E-state index in [-0.39, 0.29) is 0 Å². The van der Waals surface area contributed by atoms with Gasteiger partial charge in [0, 0.05) is 6.54 Å². The Kier molecular flexibility index (Phi) is 5.21. The molecule has 1 heterocycles. The smallest absolute Gasteiger partial charge is 0.00188 e. The molecule has 100 valence electrons. The second-order valence-electron chi connectivity index (χ2n) is 5.69. The van der Waals surface area contributed by atoms with Gasteiger partial charge in [-0.15, -0.1) is 0 Å². The fourth-order valence-electron chi connectivity index (χ4n) is 2.66. The minimum absolute atomic E-state index is 0.909. The molecule has 18 heavy (non-hydrogen) atoms. The third-order valence-electron chi connectivity index (χ3n) is 3.95. The maximum atomic E-state index is 3.44. The van der Waals surface area contributed by atoms with Gasteiger partial charge in [-0.25, -0.2) is 0 Å². The molecular formula is C16H26N2. The molecule has 1 atom stereocenters. The van der Waals surface area contributed by atoms with E-state index in [0.29, 0.717) is 0 Å². The summed E-state index contributed by atoms with van der Waals surface area (Å²) in [5, 5.41) is 3.44. The summed E-state index contributed by atoms with van der Waals surface area (Å²) in [6.07, 6.45) is 3.88. The van der Waals surface area contributed by atoms with Crippen molar-refractivity contribution >= 4 is 0 Å². The van der Waals surface area contributed by atoms with Crippen LogP contribution in [0, 0.1) is 12.8 Å². The third-order valence-corrected chi connectivity index (χ3v) is 3.95. The van der Waals surface area contributed by atoms with Crippen molar-refractivity contribution in [1.82, 2.24) is 10.2 Å². The van der Waals surface area contributed by atoms with Gasteiger partial charge in [0.25, 0.3) is 0 Å². The summed E-state index contributed by atoms with van der Waals surface area (Å²) in [4.78, 5) is 2.47. The largest absolute Gasteiger partial charge is 0.316 e. The van der Waals surface area contributed by atoms with Crippen molar-refractivity contribution in [3.05, 3.63) is 35.4 Å². The summed E-state index contributed by atoms with van der Waals surface area (Å²) in [5.74, 6) is 0.909. The number of hydrogen-bond acceptors (Lipinski definition) is 2. The van der Waals surface area contributed by atoms with Crippen LogP contribution < -0.4 is 5.32 Å². The van der Waals surface area contributed by atoms with Crippen LogP contribution in [0.5, 0.6) is 0 Å². The van der Waals surface area contributed by atoms with Crippen molar-refractivity contribution in [2.24, 2.45) is 5.92 Å². The highest BCUT2D eigenvalue weighted by Gasteiger charge is 2.14. The number of aryl methyl sites for hydroxylation is 1. The lowest BCUT2D eigenvalue weighted by molar-refractivity contribution is 0.308. The molecule has 1 fully saturated rings. The predicted octanol–water partition coefficient (Wildman–Crippen LogP) is 2.47. The number of nitrogens with one attached hydrogen (secondary N) is 1. The van der Waals surface area contributed by atoms with Crippen LogP contribution in [0.25, 0.3) is 0 Å². The van der Waals surface area contributed by atoms with Crippen molar-refractivity contribution < 1.29 is 0 Å². The molecular weight excluding hydrogens is 220 g/mol. The standard InChI is InChI=1S/C16H26N2/c1-14-4-3-5-15(12-14)7-10-18(2)11-8-16-6-9-17-13-16/h3-5,12,16-17H,6-11,13H2,1-2H3. The van der Waals surface area contributed by atoms with Crippen LogP contribution in [0.4, 0.5) is 0 Å². The summed E-state index contributed by atoms with van der Waals surface area (Å²) >= 11 is 0. The van der Waals surface area contributed by atoms with E-state index in [9.17, 15) is 0 Å². The number of rotatable bonds is 6. The van der Waals surface area contributed by atoms with E-state index in [1.54, 1.807) is 0 Å². The van der Waals surface area contributed by atoms with Gasteiger partial charge in [0.15, 0.2) is 0 Å². The molecule has 2 nitrogen and oxygen atoms in total. The molecule has 1 aromatic carbocycles. The molecule has 1 aliphatic rings. The van der Waals surface area contributed by atoms with E-state index < -0.39 is 0 Å². The van der Waals surface area contributed by atoms with Gasteiger partial charge in [-0.1, -0.05) is 29.8 Å². The van der Waals surface area contributed by atoms with Crippen molar-refractivity contribution in [2.75, 3.05) is 33.2 Å². The lowest BCUT2D eigenvalue weighted by atomic mass is 10.0. The fraction of sp³-hybridized carbons (Fsp3) is 0.625. The van der Waals surface area contributed by atoms with Crippen molar-refractivity contribution in [2.45, 2.75) is 26.2 Å². The van der Waals surface area contributed by atoms with Gasteiger partial charge in [-0.2, -0.15) is 0 Å². The Labute approximate surface area is 111 Å². The molecule has 1 aliphatic heterocycles. The highest BCUT2D eigenvalue weighted by atomic mass is 15.1. The number of benzene rings is 1. The first-order valence-electron chi connectivity index (χ1n) is 7.19. The van der Waals surface area contributed by atoms with E-state index in [4.69, 9.17) is 0 Å². The molecule has 0 amide bonds. The molecule has 1 saturated heterocycles. The van der Waals surface area contributed by atoms with Crippen molar-refractivity contribution in [3.63, 3.8) is 0 Å². The third kappa shape index (κ3) is 4.43. The Hall–Kier alpha value is -0.860. The zero-order valence-electron chi connectivity index (χ0n) is 11.8. The first-order valence-corrected chi connectivity index (χ1v) is 7.19. The Bertz CT molecular complexity index is 356. The molecule has 0 saturated carbocycles. The minimum atomic E-state index is 0.909. The van der Waals surface area contributed by atoms with Crippen molar-refractivity contribution in [1.29, 1.82) is 0 Å². The Morgan fingerprint density at radius 2 is 2.22 bits per heavy atom. The molecule has 0 radical (unpaired) electrons. The molecule has 1 unspecified atom stereocenters. The highest BCUT2D eigenvalue weighted by molar-refractivity contribution is 5.22. The summed E-state index contributed by atoms with van der Waals surface area (Å²) in [7, 11) is 2.25. The van der Waals surface area contributed by atoms with Gasteiger partial charge in [0.2, 0.25) is 0 Å². The molecule has 0 spiro atoms. The van der Waals surface area contributed by atoms with Crippen LogP contribution in [0.3, 0.4) is 0 Å². The fourth-order valence-corrected chi connectivity index (χ4v) is 2.66. The second-order valence-corrected chi connectivity index (χ2v) is 5.69. The first kappa shape index (κ1) is 13.6. The van der Waals surface area contributed by atoms with E-state index in [1.165, 1.54) is 56.6 Å². The normalized spacial score (nSPS) is 19.6. The Balaban J connectivity index is 1.66.